The lowest BCUT2D eigenvalue weighted by Gasteiger charge is -2.02. The Kier molecular flexibility index (Phi) is 4.64. The molecule has 122 valence electrons. The van der Waals surface area contributed by atoms with Gasteiger partial charge in [0.05, 0.1) is 10.7 Å². The van der Waals surface area contributed by atoms with Crippen LogP contribution in [0.4, 0.5) is 0 Å². The number of benzene rings is 2. The normalized spacial score (nSPS) is 11.1. The molecule has 0 saturated carbocycles. The van der Waals surface area contributed by atoms with Crippen LogP contribution in [-0.2, 0) is 4.79 Å². The molecule has 0 aliphatic heterocycles. The second-order valence-electron chi connectivity index (χ2n) is 5.23. The van der Waals surface area contributed by atoms with Gasteiger partial charge in [0, 0.05) is 17.3 Å². The highest BCUT2D eigenvalue weighted by atomic mass is 35.5. The summed E-state index contributed by atoms with van der Waals surface area (Å²) in [5.41, 5.74) is 7.77. The Hall–Kier alpha value is -3.36. The summed E-state index contributed by atoms with van der Waals surface area (Å²) in [4.78, 5) is 11.4. The van der Waals surface area contributed by atoms with Crippen LogP contribution < -0.4 is 5.73 Å². The van der Waals surface area contributed by atoms with Crippen LogP contribution >= 0.6 is 11.6 Å². The number of amides is 1. The van der Waals surface area contributed by atoms with Crippen molar-refractivity contribution in [1.82, 2.24) is 9.78 Å². The maximum Gasteiger partial charge on any atom is 0.259 e. The minimum Gasteiger partial charge on any atom is -0.365 e. The molecule has 1 amide bonds. The van der Waals surface area contributed by atoms with Gasteiger partial charge in [-0.2, -0.15) is 10.4 Å². The molecule has 0 atom stereocenters. The molecule has 0 aliphatic carbocycles. The molecule has 0 unspecified atom stereocenters. The summed E-state index contributed by atoms with van der Waals surface area (Å²) < 4.78 is 1.67. The molecule has 0 bridgehead atoms. The number of para-hydroxylation sites is 1. The number of primary amides is 1. The molecule has 0 saturated heterocycles. The van der Waals surface area contributed by atoms with Crippen LogP contribution in [0.5, 0.6) is 0 Å². The molecule has 3 rings (SSSR count). The summed E-state index contributed by atoms with van der Waals surface area (Å²) in [6.45, 7) is 0. The van der Waals surface area contributed by atoms with Gasteiger partial charge in [-0.1, -0.05) is 48.0 Å². The number of nitrogens with zero attached hydrogens (tertiary/aromatic N) is 3. The minimum atomic E-state index is -0.792. The van der Waals surface area contributed by atoms with E-state index in [0.717, 1.165) is 5.69 Å². The number of hydrogen-bond acceptors (Lipinski definition) is 3. The van der Waals surface area contributed by atoms with Crippen molar-refractivity contribution in [2.75, 3.05) is 0 Å². The number of carbonyl (C=O) groups is 1. The molecule has 0 radical (unpaired) electrons. The van der Waals surface area contributed by atoms with E-state index in [1.807, 2.05) is 54.6 Å². The topological polar surface area (TPSA) is 84.7 Å². The highest BCUT2D eigenvalue weighted by Crippen LogP contribution is 2.31. The monoisotopic (exact) mass is 348 g/mol. The summed E-state index contributed by atoms with van der Waals surface area (Å²) in [6.07, 6.45) is 3.15. The van der Waals surface area contributed by atoms with Gasteiger partial charge < -0.3 is 5.73 Å². The molecule has 3 aromatic rings. The molecule has 0 aliphatic rings. The van der Waals surface area contributed by atoms with Crippen molar-refractivity contribution < 1.29 is 4.79 Å². The molecule has 2 aromatic carbocycles. The Morgan fingerprint density at radius 3 is 2.48 bits per heavy atom. The smallest absolute Gasteiger partial charge is 0.259 e. The van der Waals surface area contributed by atoms with E-state index in [-0.39, 0.29) is 5.57 Å². The predicted octanol–water partition coefficient (Wildman–Crippen LogP) is 3.58. The van der Waals surface area contributed by atoms with Crippen molar-refractivity contribution in [2.24, 2.45) is 5.73 Å². The van der Waals surface area contributed by atoms with Gasteiger partial charge in [0.1, 0.15) is 17.3 Å². The van der Waals surface area contributed by atoms with Gasteiger partial charge in [-0.3, -0.25) is 4.79 Å². The Bertz CT molecular complexity index is 1000. The third kappa shape index (κ3) is 3.44. The number of halogens is 1. The van der Waals surface area contributed by atoms with Gasteiger partial charge in [-0.15, -0.1) is 0 Å². The number of carbonyl (C=O) groups excluding carboxylic acids is 1. The third-order valence-electron chi connectivity index (χ3n) is 3.58. The lowest BCUT2D eigenvalue weighted by atomic mass is 10.1. The van der Waals surface area contributed by atoms with Crippen LogP contribution in [0, 0.1) is 11.3 Å². The highest BCUT2D eigenvalue weighted by Gasteiger charge is 2.15. The van der Waals surface area contributed by atoms with Crippen molar-refractivity contribution in [3.05, 3.63) is 77.0 Å². The molecule has 5 nitrogen and oxygen atoms in total. The molecule has 0 spiro atoms. The van der Waals surface area contributed by atoms with Gasteiger partial charge in [-0.05, 0) is 24.3 Å². The summed E-state index contributed by atoms with van der Waals surface area (Å²) >= 11 is 6.29. The van der Waals surface area contributed by atoms with Crippen molar-refractivity contribution in [2.45, 2.75) is 0 Å². The summed E-state index contributed by atoms with van der Waals surface area (Å²) in [5.74, 6) is -0.792. The van der Waals surface area contributed by atoms with Gasteiger partial charge in [-0.25, -0.2) is 4.68 Å². The van der Waals surface area contributed by atoms with Crippen molar-refractivity contribution in [3.63, 3.8) is 0 Å². The largest absolute Gasteiger partial charge is 0.365 e. The number of rotatable bonds is 4. The predicted molar refractivity (Wildman–Crippen MR) is 96.8 cm³/mol. The third-order valence-corrected chi connectivity index (χ3v) is 3.91. The molecule has 0 fully saturated rings. The summed E-state index contributed by atoms with van der Waals surface area (Å²) in [5, 5.41) is 14.2. The fourth-order valence-electron chi connectivity index (χ4n) is 2.38. The van der Waals surface area contributed by atoms with E-state index in [9.17, 15) is 4.79 Å². The van der Waals surface area contributed by atoms with Gasteiger partial charge in [0.25, 0.3) is 5.91 Å². The maximum atomic E-state index is 11.4. The van der Waals surface area contributed by atoms with E-state index in [0.29, 0.717) is 21.8 Å². The SMILES string of the molecule is N#C/C(=C\c1cn(-c2ccccc2)nc1-c1ccccc1Cl)C(N)=O. The van der Waals surface area contributed by atoms with Crippen LogP contribution in [0.15, 0.2) is 66.4 Å². The molecule has 6 heteroatoms. The van der Waals surface area contributed by atoms with E-state index >= 15 is 0 Å². The van der Waals surface area contributed by atoms with Crippen molar-refractivity contribution >= 4 is 23.6 Å². The zero-order chi connectivity index (χ0) is 17.8. The second-order valence-corrected chi connectivity index (χ2v) is 5.63. The minimum absolute atomic E-state index is 0.152. The Morgan fingerprint density at radius 2 is 1.84 bits per heavy atom. The van der Waals surface area contributed by atoms with Crippen LogP contribution in [0.1, 0.15) is 5.56 Å². The maximum absolute atomic E-state index is 11.4. The average molecular weight is 349 g/mol. The summed E-state index contributed by atoms with van der Waals surface area (Å²) in [6, 6.07) is 18.5. The number of aromatic nitrogens is 2. The van der Waals surface area contributed by atoms with Crippen molar-refractivity contribution in [1.29, 1.82) is 5.26 Å². The van der Waals surface area contributed by atoms with Crippen molar-refractivity contribution in [3.8, 4) is 23.0 Å². The van der Waals surface area contributed by atoms with E-state index in [4.69, 9.17) is 22.6 Å². The molecular weight excluding hydrogens is 336 g/mol. The standard InChI is InChI=1S/C19H13ClN4O/c20-17-9-5-4-8-16(17)18-14(10-13(11-21)19(22)25)12-24(23-18)15-6-2-1-3-7-15/h1-10,12H,(H2,22,25)/b13-10+. The number of nitriles is 1. The van der Waals surface area contributed by atoms with E-state index in [2.05, 4.69) is 5.10 Å². The lowest BCUT2D eigenvalue weighted by Crippen LogP contribution is -2.12. The van der Waals surface area contributed by atoms with Gasteiger partial charge >= 0.3 is 0 Å². The molecule has 2 N–H and O–H groups in total. The first-order valence-electron chi connectivity index (χ1n) is 7.41. The first-order chi connectivity index (χ1) is 12.1. The lowest BCUT2D eigenvalue weighted by molar-refractivity contribution is -0.114. The van der Waals surface area contributed by atoms with E-state index in [1.165, 1.54) is 6.08 Å². The van der Waals surface area contributed by atoms with E-state index < -0.39 is 5.91 Å². The first-order valence-corrected chi connectivity index (χ1v) is 7.79. The molecule has 1 heterocycles. The Balaban J connectivity index is 2.22. The highest BCUT2D eigenvalue weighted by molar-refractivity contribution is 6.33. The number of hydrogen-bond donors (Lipinski definition) is 1. The Labute approximate surface area is 149 Å². The number of nitrogens with two attached hydrogens (primary N) is 1. The fraction of sp³-hybridized carbons (Fsp3) is 0. The Morgan fingerprint density at radius 1 is 1.16 bits per heavy atom. The fourth-order valence-corrected chi connectivity index (χ4v) is 2.61. The molecule has 25 heavy (non-hydrogen) atoms. The van der Waals surface area contributed by atoms with Crippen LogP contribution in [0.3, 0.4) is 0 Å². The molecule has 1 aromatic heterocycles. The average Bonchev–Trinajstić information content (AvgIpc) is 3.04. The molecular formula is C19H13ClN4O. The zero-order valence-corrected chi connectivity index (χ0v) is 13.8. The van der Waals surface area contributed by atoms with Crippen LogP contribution in [-0.4, -0.2) is 15.7 Å². The zero-order valence-electron chi connectivity index (χ0n) is 13.1. The first kappa shape index (κ1) is 16.5. The van der Waals surface area contributed by atoms with Crippen LogP contribution in [0.25, 0.3) is 23.0 Å². The van der Waals surface area contributed by atoms with E-state index in [1.54, 1.807) is 16.9 Å². The van der Waals surface area contributed by atoms with Gasteiger partial charge in [0.15, 0.2) is 0 Å². The van der Waals surface area contributed by atoms with Crippen LogP contribution in [0.2, 0.25) is 5.02 Å². The quantitative estimate of drug-likeness (QED) is 0.577. The second kappa shape index (κ2) is 7.04. The summed E-state index contributed by atoms with van der Waals surface area (Å²) in [7, 11) is 0. The van der Waals surface area contributed by atoms with Gasteiger partial charge in [0.2, 0.25) is 0 Å².